The molecule has 1 atom stereocenters. The highest BCUT2D eigenvalue weighted by Gasteiger charge is 2.29. The molecular formula is C58H122N4. The van der Waals surface area contributed by atoms with Crippen molar-refractivity contribution in [1.82, 2.24) is 15.5 Å². The van der Waals surface area contributed by atoms with Crippen LogP contribution in [0.2, 0.25) is 0 Å². The van der Waals surface area contributed by atoms with Crippen molar-refractivity contribution in [3.8, 4) is 0 Å². The van der Waals surface area contributed by atoms with Crippen molar-refractivity contribution in [2.75, 3.05) is 46.3 Å². The summed E-state index contributed by atoms with van der Waals surface area (Å²) in [7, 11) is 2.34. The van der Waals surface area contributed by atoms with Crippen molar-refractivity contribution in [3.05, 3.63) is 0 Å². The Bertz CT molecular complexity index is 800. The van der Waals surface area contributed by atoms with Gasteiger partial charge in [0.1, 0.15) is 0 Å². The number of rotatable bonds is 55. The van der Waals surface area contributed by atoms with Gasteiger partial charge in [0.05, 0.1) is 0 Å². The summed E-state index contributed by atoms with van der Waals surface area (Å²) in [6.45, 7) is 16.0. The minimum atomic E-state index is 0.237. The molecule has 0 saturated heterocycles. The number of hydrogen-bond acceptors (Lipinski definition) is 4. The molecule has 0 aromatic heterocycles. The molecule has 0 amide bonds. The maximum Gasteiger partial charge on any atom is 0.0187 e. The standard InChI is InChI=1S/C58H122N4/c1-6-7-8-9-10-11-12-13-14-15-16-17-18-19-20-21-22-23-24-25-26-27-28-29-30-31-32-33-34-35-36-37-38-39-40-41-42-43-44-45-46-49-55-62(5)58(3,4)57(2)56-61-53-48-47-52-60-54-50-51-59/h57,60-61H,6-56,59H2,1-5H3. The molecule has 0 aromatic rings. The fourth-order valence-corrected chi connectivity index (χ4v) is 9.58. The first-order valence-corrected chi connectivity index (χ1v) is 29.3. The first-order chi connectivity index (χ1) is 30.5. The van der Waals surface area contributed by atoms with Crippen molar-refractivity contribution >= 4 is 0 Å². The quantitative estimate of drug-likeness (QED) is 0.0533. The minimum absolute atomic E-state index is 0.237. The van der Waals surface area contributed by atoms with E-state index in [1.54, 1.807) is 0 Å². The molecule has 4 N–H and O–H groups in total. The van der Waals surface area contributed by atoms with Crippen LogP contribution in [-0.2, 0) is 0 Å². The van der Waals surface area contributed by atoms with Crippen molar-refractivity contribution in [2.24, 2.45) is 11.7 Å². The highest BCUT2D eigenvalue weighted by Crippen LogP contribution is 2.24. The predicted molar refractivity (Wildman–Crippen MR) is 284 cm³/mol. The zero-order chi connectivity index (χ0) is 45.1. The third-order valence-electron chi connectivity index (χ3n) is 15.0. The SMILES string of the molecule is CCCCCCCCCCCCCCCCCCCCCCCCCCCCCCCCCCCCCCCCCCCCN(C)C(C)(C)C(C)CNCCCCNCCCN. The van der Waals surface area contributed by atoms with Gasteiger partial charge in [0.15, 0.2) is 0 Å². The molecule has 0 aliphatic rings. The van der Waals surface area contributed by atoms with Gasteiger partial charge in [0.25, 0.3) is 0 Å². The van der Waals surface area contributed by atoms with Crippen LogP contribution in [0.25, 0.3) is 0 Å². The Kier molecular flexibility index (Phi) is 51.7. The van der Waals surface area contributed by atoms with Gasteiger partial charge in [-0.15, -0.1) is 0 Å². The summed E-state index contributed by atoms with van der Waals surface area (Å²) in [5.74, 6) is 0.641. The average molecular weight is 876 g/mol. The molecule has 0 radical (unpaired) electrons. The first-order valence-electron chi connectivity index (χ1n) is 29.3. The molecule has 0 aliphatic heterocycles. The largest absolute Gasteiger partial charge is 0.330 e. The summed E-state index contributed by atoms with van der Waals surface area (Å²) in [6.07, 6.45) is 65.4. The maximum atomic E-state index is 5.56. The van der Waals surface area contributed by atoms with E-state index in [-0.39, 0.29) is 5.54 Å². The Morgan fingerprint density at radius 1 is 0.355 bits per heavy atom. The Balaban J connectivity index is 3.26. The van der Waals surface area contributed by atoms with Crippen LogP contribution >= 0.6 is 0 Å². The number of unbranched alkanes of at least 4 members (excludes halogenated alkanes) is 42. The van der Waals surface area contributed by atoms with E-state index in [9.17, 15) is 0 Å². The van der Waals surface area contributed by atoms with Gasteiger partial charge in [0.2, 0.25) is 0 Å². The minimum Gasteiger partial charge on any atom is -0.330 e. The third-order valence-corrected chi connectivity index (χ3v) is 15.0. The van der Waals surface area contributed by atoms with E-state index in [0.717, 1.165) is 39.1 Å². The molecule has 0 rings (SSSR count). The van der Waals surface area contributed by atoms with Gasteiger partial charge < -0.3 is 21.3 Å². The van der Waals surface area contributed by atoms with Crippen LogP contribution in [0.5, 0.6) is 0 Å². The van der Waals surface area contributed by atoms with Gasteiger partial charge in [-0.1, -0.05) is 277 Å². The number of nitrogens with zero attached hydrogens (tertiary/aromatic N) is 1. The molecule has 0 spiro atoms. The molecule has 0 saturated carbocycles. The summed E-state index contributed by atoms with van der Waals surface area (Å²) in [5, 5.41) is 7.20. The second-order valence-electron chi connectivity index (χ2n) is 21.3. The molecule has 0 bridgehead atoms. The van der Waals surface area contributed by atoms with E-state index in [0.29, 0.717) is 5.92 Å². The topological polar surface area (TPSA) is 53.3 Å². The number of nitrogens with one attached hydrogen (secondary N) is 2. The zero-order valence-corrected chi connectivity index (χ0v) is 44.2. The molecule has 0 aromatic carbocycles. The maximum absolute atomic E-state index is 5.56. The molecule has 0 heterocycles. The number of hydrogen-bond donors (Lipinski definition) is 3. The lowest BCUT2D eigenvalue weighted by atomic mass is 9.87. The van der Waals surface area contributed by atoms with Gasteiger partial charge in [0, 0.05) is 5.54 Å². The van der Waals surface area contributed by atoms with Gasteiger partial charge in [-0.2, -0.15) is 0 Å². The molecular weight excluding hydrogens is 753 g/mol. The van der Waals surface area contributed by atoms with E-state index in [2.05, 4.69) is 50.3 Å². The lowest BCUT2D eigenvalue weighted by Crippen LogP contribution is -2.49. The molecule has 374 valence electrons. The second-order valence-corrected chi connectivity index (χ2v) is 21.3. The molecule has 4 nitrogen and oxygen atoms in total. The highest BCUT2D eigenvalue weighted by molar-refractivity contribution is 4.86. The fourth-order valence-electron chi connectivity index (χ4n) is 9.58. The Hall–Kier alpha value is -0.160. The van der Waals surface area contributed by atoms with E-state index in [1.165, 1.54) is 289 Å². The fraction of sp³-hybridized carbons (Fsp3) is 1.00. The van der Waals surface area contributed by atoms with Crippen LogP contribution in [-0.4, -0.2) is 56.8 Å². The second kappa shape index (κ2) is 51.8. The summed E-state index contributed by atoms with van der Waals surface area (Å²) >= 11 is 0. The van der Waals surface area contributed by atoms with E-state index in [1.807, 2.05) is 0 Å². The van der Waals surface area contributed by atoms with Gasteiger partial charge in [-0.05, 0) is 91.8 Å². The summed E-state index contributed by atoms with van der Waals surface area (Å²) in [6, 6.07) is 0. The van der Waals surface area contributed by atoms with E-state index >= 15 is 0 Å². The summed E-state index contributed by atoms with van der Waals surface area (Å²) in [5.41, 5.74) is 5.80. The number of nitrogens with two attached hydrogens (primary N) is 1. The van der Waals surface area contributed by atoms with Crippen molar-refractivity contribution in [2.45, 2.75) is 322 Å². The lowest BCUT2D eigenvalue weighted by Gasteiger charge is -2.41. The predicted octanol–water partition coefficient (Wildman–Crippen LogP) is 18.0. The van der Waals surface area contributed by atoms with E-state index in [4.69, 9.17) is 5.73 Å². The Morgan fingerprint density at radius 3 is 0.871 bits per heavy atom. The Labute approximate surface area is 394 Å². The third kappa shape index (κ3) is 46.4. The molecule has 62 heavy (non-hydrogen) atoms. The first kappa shape index (κ1) is 61.8. The lowest BCUT2D eigenvalue weighted by molar-refractivity contribution is 0.0943. The van der Waals surface area contributed by atoms with Crippen LogP contribution in [0.3, 0.4) is 0 Å². The van der Waals surface area contributed by atoms with Crippen molar-refractivity contribution < 1.29 is 0 Å². The normalized spacial score (nSPS) is 12.6. The van der Waals surface area contributed by atoms with Gasteiger partial charge in [-0.3, -0.25) is 0 Å². The molecule has 0 aliphatic carbocycles. The Morgan fingerprint density at radius 2 is 0.597 bits per heavy atom. The van der Waals surface area contributed by atoms with Crippen LogP contribution in [0, 0.1) is 5.92 Å². The smallest absolute Gasteiger partial charge is 0.0187 e. The summed E-state index contributed by atoms with van der Waals surface area (Å²) in [4.78, 5) is 2.62. The monoisotopic (exact) mass is 875 g/mol. The summed E-state index contributed by atoms with van der Waals surface area (Å²) < 4.78 is 0. The van der Waals surface area contributed by atoms with Crippen molar-refractivity contribution in [1.29, 1.82) is 0 Å². The van der Waals surface area contributed by atoms with Gasteiger partial charge >= 0.3 is 0 Å². The zero-order valence-electron chi connectivity index (χ0n) is 44.2. The van der Waals surface area contributed by atoms with Crippen molar-refractivity contribution in [3.63, 3.8) is 0 Å². The van der Waals surface area contributed by atoms with E-state index < -0.39 is 0 Å². The highest BCUT2D eigenvalue weighted by atomic mass is 15.2. The van der Waals surface area contributed by atoms with Crippen LogP contribution in [0.4, 0.5) is 0 Å². The van der Waals surface area contributed by atoms with Crippen LogP contribution in [0.15, 0.2) is 0 Å². The van der Waals surface area contributed by atoms with Gasteiger partial charge in [-0.25, -0.2) is 0 Å². The van der Waals surface area contributed by atoms with Crippen LogP contribution < -0.4 is 16.4 Å². The molecule has 4 heteroatoms. The molecule has 1 unspecified atom stereocenters. The average Bonchev–Trinajstić information content (AvgIpc) is 3.27. The molecule has 0 fully saturated rings. The van der Waals surface area contributed by atoms with Crippen LogP contribution in [0.1, 0.15) is 317 Å².